The molecule has 8 nitrogen and oxygen atoms in total. The van der Waals surface area contributed by atoms with Crippen LogP contribution in [0.15, 0.2) is 25.3 Å². The predicted octanol–water partition coefficient (Wildman–Crippen LogP) is 0.870. The summed E-state index contributed by atoms with van der Waals surface area (Å²) in [6.07, 6.45) is 1.99. The van der Waals surface area contributed by atoms with Crippen LogP contribution in [0.4, 0.5) is 0 Å². The van der Waals surface area contributed by atoms with Gasteiger partial charge in [0.2, 0.25) is 0 Å². The molecular weight excluding hydrogens is 360 g/mol. The summed E-state index contributed by atoms with van der Waals surface area (Å²) in [5.41, 5.74) is 0. The SMILES string of the molecule is C=CC(=O)OCC(C)C(=O)O.C=CC(=O)OCC(C)C(=O)O.[Cu]. The van der Waals surface area contributed by atoms with E-state index in [2.05, 4.69) is 22.6 Å². The van der Waals surface area contributed by atoms with E-state index in [-0.39, 0.29) is 30.3 Å². The molecule has 2 atom stereocenters. The molecule has 0 aromatic carbocycles. The molecule has 0 aromatic heterocycles. The molecule has 0 aliphatic carbocycles. The Morgan fingerprint density at radius 1 is 0.870 bits per heavy atom. The van der Waals surface area contributed by atoms with Gasteiger partial charge in [0.25, 0.3) is 0 Å². The van der Waals surface area contributed by atoms with E-state index >= 15 is 0 Å². The minimum Gasteiger partial charge on any atom is -0.481 e. The van der Waals surface area contributed by atoms with Crippen molar-refractivity contribution >= 4 is 23.9 Å². The average molecular weight is 380 g/mol. The maximum absolute atomic E-state index is 10.4. The van der Waals surface area contributed by atoms with Crippen molar-refractivity contribution in [1.29, 1.82) is 0 Å². The van der Waals surface area contributed by atoms with Crippen LogP contribution in [0.25, 0.3) is 0 Å². The summed E-state index contributed by atoms with van der Waals surface area (Å²) in [5.74, 6) is -4.50. The first-order valence-corrected chi connectivity index (χ1v) is 6.19. The van der Waals surface area contributed by atoms with Crippen molar-refractivity contribution in [1.82, 2.24) is 0 Å². The Morgan fingerprint density at radius 2 is 1.13 bits per heavy atom. The molecule has 0 aromatic rings. The number of hydrogen-bond acceptors (Lipinski definition) is 6. The van der Waals surface area contributed by atoms with E-state index in [9.17, 15) is 19.2 Å². The second-order valence-electron chi connectivity index (χ2n) is 4.15. The van der Waals surface area contributed by atoms with Gasteiger partial charge in [0.1, 0.15) is 13.2 Å². The second kappa shape index (κ2) is 14.8. The third kappa shape index (κ3) is 16.1. The second-order valence-corrected chi connectivity index (χ2v) is 4.15. The monoisotopic (exact) mass is 379 g/mol. The number of hydrogen-bond donors (Lipinski definition) is 2. The quantitative estimate of drug-likeness (QED) is 0.361. The fraction of sp³-hybridized carbons (Fsp3) is 0.429. The van der Waals surface area contributed by atoms with Crippen LogP contribution in [0.2, 0.25) is 0 Å². The van der Waals surface area contributed by atoms with Crippen LogP contribution in [0.1, 0.15) is 13.8 Å². The van der Waals surface area contributed by atoms with Gasteiger partial charge < -0.3 is 19.7 Å². The van der Waals surface area contributed by atoms with Gasteiger partial charge in [0.05, 0.1) is 11.8 Å². The molecule has 0 aliphatic rings. The molecule has 0 fully saturated rings. The standard InChI is InChI=1S/2C7H10O4.Cu/c2*1-3-6(8)11-4-5(2)7(9)10;/h2*3,5H,1,4H2,2H3,(H,9,10);. The van der Waals surface area contributed by atoms with Crippen molar-refractivity contribution < 1.29 is 55.9 Å². The zero-order valence-electron chi connectivity index (χ0n) is 12.8. The van der Waals surface area contributed by atoms with Gasteiger partial charge in [-0.15, -0.1) is 0 Å². The summed E-state index contributed by atoms with van der Waals surface area (Å²) in [7, 11) is 0. The molecular formula is C14H20CuO8. The largest absolute Gasteiger partial charge is 0.481 e. The van der Waals surface area contributed by atoms with Gasteiger partial charge in [-0.25, -0.2) is 9.59 Å². The minimum absolute atomic E-state index is 0. The molecule has 1 radical (unpaired) electrons. The molecule has 0 saturated carbocycles. The number of esters is 2. The van der Waals surface area contributed by atoms with E-state index in [0.717, 1.165) is 12.2 Å². The van der Waals surface area contributed by atoms with Gasteiger partial charge in [-0.2, -0.15) is 0 Å². The van der Waals surface area contributed by atoms with E-state index in [4.69, 9.17) is 10.2 Å². The number of rotatable bonds is 8. The summed E-state index contributed by atoms with van der Waals surface area (Å²) < 4.78 is 8.95. The molecule has 9 heteroatoms. The minimum atomic E-state index is -0.984. The first-order valence-electron chi connectivity index (χ1n) is 6.19. The van der Waals surface area contributed by atoms with E-state index < -0.39 is 35.7 Å². The van der Waals surface area contributed by atoms with Crippen LogP contribution in [-0.4, -0.2) is 47.3 Å². The molecule has 0 heterocycles. The fourth-order valence-corrected chi connectivity index (χ4v) is 0.675. The molecule has 2 unspecified atom stereocenters. The topological polar surface area (TPSA) is 127 Å². The van der Waals surface area contributed by atoms with Crippen LogP contribution in [-0.2, 0) is 45.7 Å². The third-order valence-corrected chi connectivity index (χ3v) is 2.13. The molecule has 2 N–H and O–H groups in total. The van der Waals surface area contributed by atoms with Crippen LogP contribution in [0.3, 0.4) is 0 Å². The van der Waals surface area contributed by atoms with Gasteiger partial charge >= 0.3 is 23.9 Å². The van der Waals surface area contributed by atoms with Crippen molar-refractivity contribution in [3.63, 3.8) is 0 Å². The number of ether oxygens (including phenoxy) is 2. The Morgan fingerprint density at radius 3 is 1.30 bits per heavy atom. The number of aliphatic carboxylic acids is 2. The average Bonchev–Trinajstić information content (AvgIpc) is 2.49. The fourth-order valence-electron chi connectivity index (χ4n) is 0.675. The smallest absolute Gasteiger partial charge is 0.330 e. The number of carbonyl (C=O) groups excluding carboxylic acids is 2. The van der Waals surface area contributed by atoms with Gasteiger partial charge in [-0.3, -0.25) is 9.59 Å². The predicted molar refractivity (Wildman–Crippen MR) is 75.9 cm³/mol. The summed E-state index contributed by atoms with van der Waals surface area (Å²) in [6, 6.07) is 0. The van der Waals surface area contributed by atoms with Crippen molar-refractivity contribution in [3.05, 3.63) is 25.3 Å². The van der Waals surface area contributed by atoms with Gasteiger partial charge in [0.15, 0.2) is 0 Å². The third-order valence-electron chi connectivity index (χ3n) is 2.13. The molecule has 0 rings (SSSR count). The Bertz CT molecular complexity index is 392. The van der Waals surface area contributed by atoms with E-state index in [1.165, 1.54) is 13.8 Å². The zero-order chi connectivity index (χ0) is 17.7. The first-order chi connectivity index (χ1) is 10.1. The van der Waals surface area contributed by atoms with E-state index in [0.29, 0.717) is 0 Å². The van der Waals surface area contributed by atoms with Gasteiger partial charge in [0, 0.05) is 29.2 Å². The maximum Gasteiger partial charge on any atom is 0.330 e. The summed E-state index contributed by atoms with van der Waals surface area (Å²) in [4.78, 5) is 41.2. The molecule has 0 bridgehead atoms. The van der Waals surface area contributed by atoms with Crippen LogP contribution < -0.4 is 0 Å². The number of carboxylic acids is 2. The Labute approximate surface area is 144 Å². The Hall–Kier alpha value is -2.12. The summed E-state index contributed by atoms with van der Waals surface area (Å²) in [5, 5.41) is 16.7. The number of carboxylic acid groups (broad SMARTS) is 2. The Balaban J connectivity index is -0.000000333. The zero-order valence-corrected chi connectivity index (χ0v) is 13.7. The van der Waals surface area contributed by atoms with Crippen LogP contribution in [0.5, 0.6) is 0 Å². The Kier molecular flexibility index (Phi) is 16.6. The van der Waals surface area contributed by atoms with Crippen molar-refractivity contribution in [2.75, 3.05) is 13.2 Å². The van der Waals surface area contributed by atoms with Gasteiger partial charge in [-0.05, 0) is 13.8 Å². The maximum atomic E-state index is 10.4. The van der Waals surface area contributed by atoms with Crippen molar-refractivity contribution in [2.24, 2.45) is 11.8 Å². The normalized spacial score (nSPS) is 11.2. The molecule has 23 heavy (non-hydrogen) atoms. The summed E-state index contributed by atoms with van der Waals surface area (Å²) >= 11 is 0. The van der Waals surface area contributed by atoms with Crippen LogP contribution >= 0.6 is 0 Å². The van der Waals surface area contributed by atoms with E-state index in [1.54, 1.807) is 0 Å². The first kappa shape index (κ1) is 25.8. The molecule has 0 aliphatic heterocycles. The van der Waals surface area contributed by atoms with E-state index in [1.807, 2.05) is 0 Å². The van der Waals surface area contributed by atoms with Crippen molar-refractivity contribution in [2.45, 2.75) is 13.8 Å². The molecule has 0 saturated heterocycles. The number of carbonyl (C=O) groups is 4. The molecule has 135 valence electrons. The molecule has 0 amide bonds. The molecule has 0 spiro atoms. The summed E-state index contributed by atoms with van der Waals surface area (Å²) in [6.45, 7) is 9.02. The van der Waals surface area contributed by atoms with Crippen molar-refractivity contribution in [3.8, 4) is 0 Å². The van der Waals surface area contributed by atoms with Gasteiger partial charge in [-0.1, -0.05) is 13.2 Å². The van der Waals surface area contributed by atoms with Crippen LogP contribution in [0, 0.1) is 11.8 Å².